The number of halogens is 1. The number of rotatable bonds is 4. The van der Waals surface area contributed by atoms with E-state index in [0.29, 0.717) is 12.2 Å². The smallest absolute Gasteiger partial charge is 0.164 e. The largest absolute Gasteiger partial charge is 0.489 e. The van der Waals surface area contributed by atoms with Crippen LogP contribution in [0.3, 0.4) is 0 Å². The minimum Gasteiger partial charge on any atom is -0.489 e. The predicted octanol–water partition coefficient (Wildman–Crippen LogP) is 3.38. The Labute approximate surface area is 143 Å². The molecule has 2 rings (SSSR count). The number of carbonyl (C=O) groups is 1. The molecule has 0 atom stereocenters. The molecule has 2 aromatic rings. The molecule has 0 radical (unpaired) electrons. The number of hydrogen-bond donors (Lipinski definition) is 0. The van der Waals surface area contributed by atoms with Crippen LogP contribution in [0.15, 0.2) is 36.4 Å². The van der Waals surface area contributed by atoms with Crippen LogP contribution in [-0.4, -0.2) is 24.7 Å². The predicted molar refractivity (Wildman–Crippen MR) is 84.4 cm³/mol. The second-order valence-corrected chi connectivity index (χ2v) is 4.56. The van der Waals surface area contributed by atoms with Crippen LogP contribution in [-0.2, 0) is 24.6 Å². The molecule has 5 heteroatoms. The van der Waals surface area contributed by atoms with Crippen LogP contribution >= 0.6 is 0 Å². The van der Waals surface area contributed by atoms with E-state index in [4.69, 9.17) is 4.74 Å². The second-order valence-electron chi connectivity index (χ2n) is 4.27. The standard InChI is InChI=1S/C14H10FO.C4H7O2.Ni/c1-10-8-13(16-2)6-7-14(10)11-4-3-5-12(15)9-11;1-3-6-4(2)5;/h1,3,5-9H,2H3;2-3H2,1H3;/q2*-1;. The SMILES string of the molecule is COc1ccc(-c2[c-]ccc(F)c2)c([CH]=[Ni])c1.[CH2-]C(=O)OCC. The van der Waals surface area contributed by atoms with Gasteiger partial charge in [-0.2, -0.15) is 0 Å². The molecule has 2 aromatic carbocycles. The van der Waals surface area contributed by atoms with Crippen LogP contribution in [0.25, 0.3) is 11.1 Å². The molecule has 0 aromatic heterocycles. The molecule has 0 unspecified atom stereocenters. The van der Waals surface area contributed by atoms with Gasteiger partial charge in [-0.15, -0.1) is 0 Å². The first-order valence-electron chi connectivity index (χ1n) is 6.76. The third-order valence-corrected chi connectivity index (χ3v) is 3.02. The molecule has 0 aliphatic carbocycles. The third kappa shape index (κ3) is 6.25. The third-order valence-electron chi connectivity index (χ3n) is 2.72. The summed E-state index contributed by atoms with van der Waals surface area (Å²) in [5.41, 5.74) is 2.39. The van der Waals surface area contributed by atoms with Gasteiger partial charge >= 0.3 is 107 Å². The van der Waals surface area contributed by atoms with E-state index in [0.717, 1.165) is 16.9 Å². The molecule has 0 heterocycles. The zero-order chi connectivity index (χ0) is 17.2. The summed E-state index contributed by atoms with van der Waals surface area (Å²) in [7, 11) is 1.60. The van der Waals surface area contributed by atoms with Gasteiger partial charge in [-0.25, -0.2) is 0 Å². The topological polar surface area (TPSA) is 35.5 Å². The molecule has 3 nitrogen and oxygen atoms in total. The van der Waals surface area contributed by atoms with Crippen molar-refractivity contribution in [1.29, 1.82) is 0 Å². The van der Waals surface area contributed by atoms with Crippen molar-refractivity contribution in [2.45, 2.75) is 6.92 Å². The van der Waals surface area contributed by atoms with Crippen LogP contribution in [0.5, 0.6) is 5.75 Å². The Balaban J connectivity index is 0.000000379. The number of benzene rings is 2. The minimum atomic E-state index is -0.461. The van der Waals surface area contributed by atoms with Gasteiger partial charge < -0.3 is 4.74 Å². The summed E-state index contributed by atoms with van der Waals surface area (Å²) in [5.74, 6) is -0.0143. The van der Waals surface area contributed by atoms with Crippen molar-refractivity contribution in [1.82, 2.24) is 0 Å². The molecule has 0 fully saturated rings. The Hall–Kier alpha value is -2.13. The molecule has 0 saturated heterocycles. The first-order chi connectivity index (χ1) is 11.0. The molecule has 0 spiro atoms. The van der Waals surface area contributed by atoms with Gasteiger partial charge in [-0.05, 0) is 6.92 Å². The van der Waals surface area contributed by atoms with Crippen LogP contribution in [0.2, 0.25) is 0 Å². The first-order valence-corrected chi connectivity index (χ1v) is 7.33. The van der Waals surface area contributed by atoms with E-state index in [1.165, 1.54) is 12.1 Å². The van der Waals surface area contributed by atoms with Gasteiger partial charge in [0.15, 0.2) is 5.97 Å². The van der Waals surface area contributed by atoms with Crippen molar-refractivity contribution in [3.63, 3.8) is 0 Å². The van der Waals surface area contributed by atoms with E-state index in [1.807, 2.05) is 18.2 Å². The van der Waals surface area contributed by atoms with Crippen molar-refractivity contribution in [3.05, 3.63) is 60.8 Å². The van der Waals surface area contributed by atoms with Gasteiger partial charge in [-0.3, -0.25) is 11.7 Å². The fraction of sp³-hybridized carbons (Fsp3) is 0.167. The van der Waals surface area contributed by atoms with E-state index in [1.54, 1.807) is 25.1 Å². The Morgan fingerprint density at radius 2 is 2.13 bits per heavy atom. The van der Waals surface area contributed by atoms with Gasteiger partial charge in [-0.1, -0.05) is 0 Å². The number of esters is 1. The number of hydrogen-bond acceptors (Lipinski definition) is 3. The van der Waals surface area contributed by atoms with E-state index < -0.39 is 5.97 Å². The van der Waals surface area contributed by atoms with Crippen molar-refractivity contribution in [2.75, 3.05) is 13.7 Å². The van der Waals surface area contributed by atoms with E-state index >= 15 is 0 Å². The summed E-state index contributed by atoms with van der Waals surface area (Å²) in [5, 5.41) is 0. The summed E-state index contributed by atoms with van der Waals surface area (Å²) >= 11 is 4.66. The Bertz CT molecular complexity index is 671. The quantitative estimate of drug-likeness (QED) is 0.477. The molecule has 0 N–H and O–H groups in total. The van der Waals surface area contributed by atoms with Crippen LogP contribution in [0, 0.1) is 18.8 Å². The first kappa shape index (κ1) is 18.9. The van der Waals surface area contributed by atoms with Gasteiger partial charge in [0.1, 0.15) is 0 Å². The average molecular weight is 359 g/mol. The van der Waals surface area contributed by atoms with E-state index in [9.17, 15) is 9.18 Å². The van der Waals surface area contributed by atoms with Gasteiger partial charge in [0.05, 0.1) is 6.61 Å². The molecular formula is C18H17FNiO3-2. The molecular weight excluding hydrogens is 342 g/mol. The summed E-state index contributed by atoms with van der Waals surface area (Å²) in [6.45, 7) is 5.13. The summed E-state index contributed by atoms with van der Waals surface area (Å²) in [6, 6.07) is 12.9. The Morgan fingerprint density at radius 3 is 2.61 bits per heavy atom. The maximum Gasteiger partial charge on any atom is 0.164 e. The maximum atomic E-state index is 13.2. The second kappa shape index (κ2) is 9.80. The number of ether oxygens (including phenoxy) is 2. The monoisotopic (exact) mass is 358 g/mol. The average Bonchev–Trinajstić information content (AvgIpc) is 2.54. The van der Waals surface area contributed by atoms with E-state index in [2.05, 4.69) is 32.8 Å². The molecule has 0 saturated carbocycles. The molecule has 0 aliphatic heterocycles. The normalized spacial score (nSPS) is 9.43. The molecule has 0 bridgehead atoms. The van der Waals surface area contributed by atoms with Crippen molar-refractivity contribution in [3.8, 4) is 16.9 Å². The number of carbonyl (C=O) groups excluding carboxylic acids is 1. The van der Waals surface area contributed by atoms with E-state index in [-0.39, 0.29) is 5.82 Å². The van der Waals surface area contributed by atoms with Gasteiger partial charge in [0.2, 0.25) is 0 Å². The summed E-state index contributed by atoms with van der Waals surface area (Å²) in [4.78, 5) is 11.3. The fourth-order valence-electron chi connectivity index (χ4n) is 1.74. The molecule has 0 amide bonds. The van der Waals surface area contributed by atoms with Crippen LogP contribution in [0.1, 0.15) is 12.5 Å². The zero-order valence-corrected chi connectivity index (χ0v) is 13.9. The minimum absolute atomic E-state index is 0.284. The Kier molecular flexibility index (Phi) is 8.06. The fourth-order valence-corrected chi connectivity index (χ4v) is 1.98. The Morgan fingerprint density at radius 1 is 1.39 bits per heavy atom. The molecule has 126 valence electrons. The number of methoxy groups -OCH3 is 1. The van der Waals surface area contributed by atoms with Crippen molar-refractivity contribution < 1.29 is 33.7 Å². The van der Waals surface area contributed by atoms with Crippen molar-refractivity contribution >= 4 is 11.0 Å². The summed E-state index contributed by atoms with van der Waals surface area (Å²) < 4.78 is 22.6. The van der Waals surface area contributed by atoms with Gasteiger partial charge in [0.25, 0.3) is 0 Å². The van der Waals surface area contributed by atoms with Gasteiger partial charge in [0, 0.05) is 0 Å². The van der Waals surface area contributed by atoms with Crippen LogP contribution in [0.4, 0.5) is 4.39 Å². The van der Waals surface area contributed by atoms with Crippen molar-refractivity contribution in [2.24, 2.45) is 0 Å². The maximum absolute atomic E-state index is 13.2. The molecule has 0 aliphatic rings. The molecule has 23 heavy (non-hydrogen) atoms. The summed E-state index contributed by atoms with van der Waals surface area (Å²) in [6.07, 6.45) is 0. The zero-order valence-electron chi connectivity index (χ0n) is 12.9. The van der Waals surface area contributed by atoms with Crippen LogP contribution < -0.4 is 4.74 Å².